The van der Waals surface area contributed by atoms with Gasteiger partial charge in [-0.25, -0.2) is 4.79 Å². The number of aliphatic hydroxyl groups excluding tert-OH is 1. The van der Waals surface area contributed by atoms with E-state index in [1.165, 1.54) is 37.3 Å². The van der Waals surface area contributed by atoms with Crippen LogP contribution in [0.2, 0.25) is 0 Å². The first-order valence-electron chi connectivity index (χ1n) is 40.8. The third-order valence-corrected chi connectivity index (χ3v) is 23.9. The number of carboxylic acid groups (broad SMARTS) is 1. The molecule has 2 aromatic heterocycles. The van der Waals surface area contributed by atoms with Gasteiger partial charge in [-0.3, -0.25) is 52.7 Å². The zero-order chi connectivity index (χ0) is 88.6. The number of carbonyl (C=O) groups excluding carboxylic acids is 10. The van der Waals surface area contributed by atoms with E-state index in [-0.39, 0.29) is 133 Å². The minimum Gasteiger partial charge on any atom is -0.508 e. The first-order valence-corrected chi connectivity index (χ1v) is 43.7. The van der Waals surface area contributed by atoms with Gasteiger partial charge >= 0.3 is 5.97 Å². The van der Waals surface area contributed by atoms with Gasteiger partial charge in [0.1, 0.15) is 65.4 Å². The first kappa shape index (κ1) is 90.8. The van der Waals surface area contributed by atoms with Gasteiger partial charge in [0.05, 0.1) is 18.2 Å². The molecule has 34 heteroatoms. The van der Waals surface area contributed by atoms with Gasteiger partial charge in [0.2, 0.25) is 59.1 Å². The molecule has 1 fully saturated rings. The zero-order valence-corrected chi connectivity index (χ0v) is 70.6. The Balaban J connectivity index is 0.839. The average Bonchev–Trinajstić information content (AvgIpc) is 1.30. The molecule has 19 N–H and O–H groups in total. The van der Waals surface area contributed by atoms with Gasteiger partial charge in [-0.15, -0.1) is 0 Å². The Kier molecular flexibility index (Phi) is 31.7. The van der Waals surface area contributed by atoms with E-state index in [1.807, 2.05) is 36.4 Å². The number of thiocarbonyl (C=S) groups is 1. The van der Waals surface area contributed by atoms with Gasteiger partial charge in [-0.1, -0.05) is 155 Å². The number of nitrogens with zero attached hydrogens (tertiary/aromatic N) is 1. The minimum atomic E-state index is -1.77. The topological polar surface area (TPSA) is 486 Å². The molecule has 650 valence electrons. The average molecular weight is 1750 g/mol. The first-order chi connectivity index (χ1) is 60.3. The lowest BCUT2D eigenvalue weighted by atomic mass is 9.90. The summed E-state index contributed by atoms with van der Waals surface area (Å²) in [6.45, 7) is 0.712. The third-order valence-electron chi connectivity index (χ3n) is 21.2. The molecule has 125 heavy (non-hydrogen) atoms. The van der Waals surface area contributed by atoms with E-state index in [4.69, 9.17) is 28.1 Å². The van der Waals surface area contributed by atoms with Crippen molar-refractivity contribution in [2.24, 2.45) is 11.5 Å². The number of aromatic amines is 2. The van der Waals surface area contributed by atoms with Gasteiger partial charge in [0.15, 0.2) is 10.5 Å². The number of phenolic OH excluding ortho intramolecular Hbond substituents is 1. The van der Waals surface area contributed by atoms with Gasteiger partial charge in [-0.2, -0.15) is 0 Å². The standard InChI is InChI=1S/C91H97N15O16S3/c1-52(107)81-88(118)103-74(42-55-22-9-4-10-23-55)89(119)106(50-78(93)110)38-39-124-125-51-75(104-83(113)70(40-53-18-5-2-6-19-53)98-79(111)29-17-37-94-91(123)97-58-30-33-63(66(45-58)90(120)121)80-64-34-31-59(108)46-76(64)122-77-47-60(109)32-35-65(77)80)87(117)100-71(41-54-20-7-3-8-21-54)84(114)101-73(44-57-49-96-68-27-14-12-25-62(57)68)86(116)102-72(43-56-48-95-67-26-13-11-24-61(56)67)85(115)99-69(82(112)105-81)28-15-16-36-92/h2-14,18-27,30-35,45-49,52,69-75,81,95-96,107-108H,15-17,28-29,36-44,50-51,92H2,1H3,(H2,93,110)(H,98,111)(H,99,115)(H,100,117)(H,101,114)(H,102,116)(H,103,118)(H,104,113)(H,105,112)(H,120,121)(H2,94,97,123)/t52-,69+,70-,71+,72+,73-,74+,75+,81+/m1/s1. The number of anilines is 1. The highest BCUT2D eigenvalue weighted by molar-refractivity contribution is 8.76. The molecule has 0 radical (unpaired) electrons. The fourth-order valence-corrected chi connectivity index (χ4v) is 17.3. The Labute approximate surface area is 731 Å². The summed E-state index contributed by atoms with van der Waals surface area (Å²) < 4.78 is 5.98. The van der Waals surface area contributed by atoms with Crippen LogP contribution in [-0.4, -0.2) is 192 Å². The molecule has 0 unspecified atom stereocenters. The summed E-state index contributed by atoms with van der Waals surface area (Å²) in [5.74, 6) is -10.0. The molecule has 0 spiro atoms. The van der Waals surface area contributed by atoms with E-state index in [0.29, 0.717) is 72.6 Å². The van der Waals surface area contributed by atoms with Crippen molar-refractivity contribution < 1.29 is 72.5 Å². The number of aromatic nitrogens is 2. The van der Waals surface area contributed by atoms with E-state index < -0.39 is 126 Å². The van der Waals surface area contributed by atoms with E-state index >= 15 is 28.8 Å². The maximum atomic E-state index is 15.7. The number of nitrogens with two attached hydrogens (primary N) is 2. The lowest BCUT2D eigenvalue weighted by molar-refractivity contribution is -0.140. The molecular formula is C91H97N15O16S3. The number of primary amides is 1. The molecule has 0 saturated carbocycles. The Morgan fingerprint density at radius 3 is 1.76 bits per heavy atom. The van der Waals surface area contributed by atoms with Crippen LogP contribution < -0.4 is 70.1 Å². The van der Waals surface area contributed by atoms with Gasteiger partial charge in [0.25, 0.3) is 0 Å². The maximum absolute atomic E-state index is 15.7. The largest absolute Gasteiger partial charge is 0.508 e. The van der Waals surface area contributed by atoms with Crippen LogP contribution in [-0.2, 0) is 80.0 Å². The van der Waals surface area contributed by atoms with Crippen molar-refractivity contribution in [2.45, 2.75) is 126 Å². The summed E-state index contributed by atoms with van der Waals surface area (Å²) >= 11 is 5.65. The zero-order valence-electron chi connectivity index (χ0n) is 68.1. The molecule has 2 aliphatic heterocycles. The summed E-state index contributed by atoms with van der Waals surface area (Å²) in [5, 5.41) is 62.9. The summed E-state index contributed by atoms with van der Waals surface area (Å²) in [4.78, 5) is 183. The fraction of sp³-hybridized carbons (Fsp3) is 0.286. The minimum absolute atomic E-state index is 0.0200. The van der Waals surface area contributed by atoms with Crippen LogP contribution in [0.3, 0.4) is 0 Å². The number of carbonyl (C=O) groups is 11. The second kappa shape index (κ2) is 43.6. The predicted molar refractivity (Wildman–Crippen MR) is 482 cm³/mol. The van der Waals surface area contributed by atoms with Crippen LogP contribution in [0, 0.1) is 0 Å². The highest BCUT2D eigenvalue weighted by atomic mass is 33.1. The van der Waals surface area contributed by atoms with Crippen LogP contribution in [0.1, 0.15) is 77.2 Å². The molecule has 9 atom stereocenters. The van der Waals surface area contributed by atoms with Crippen LogP contribution in [0.25, 0.3) is 55.2 Å². The molecule has 3 aliphatic rings. The Morgan fingerprint density at radius 1 is 0.592 bits per heavy atom. The molecule has 4 heterocycles. The summed E-state index contributed by atoms with van der Waals surface area (Å²) in [7, 11) is 2.18. The number of aromatic carboxylic acids is 1. The lowest BCUT2D eigenvalue weighted by Crippen LogP contribution is -2.62. The number of H-pyrrole nitrogens is 2. The SMILES string of the molecule is C[C@@H](O)[C@@H]1NC(=O)[C@H](CCCCN)NC(=O)[C@H](Cc2c[nH]c3ccccc23)NC(=O)[C@@H](Cc2c[nH]c3ccccc23)NC(=O)[C@H](Cc2ccccc2)NC(=O)[C@@H](NC(=O)[C@@H](Cc2ccccc2)NC(=O)CCCNC(=S)Nc2ccc(-c3c4ccc(=O)cc-4oc4cc(O)ccc34)c(C(=O)O)c2)CSSCCN(CC(N)=O)C(=O)[C@H](Cc2ccccc2)NC1=O. The molecule has 1 aliphatic carbocycles. The van der Waals surface area contributed by atoms with Crippen LogP contribution in [0.4, 0.5) is 5.69 Å². The second-order valence-electron chi connectivity index (χ2n) is 30.4. The van der Waals surface area contributed by atoms with Crippen molar-refractivity contribution in [3.8, 4) is 28.2 Å². The van der Waals surface area contributed by atoms with Crippen molar-refractivity contribution in [1.82, 2.24) is 62.7 Å². The van der Waals surface area contributed by atoms with Gasteiger partial charge in [-0.05, 0) is 133 Å². The van der Waals surface area contributed by atoms with Crippen molar-refractivity contribution in [3.05, 3.63) is 250 Å². The Morgan fingerprint density at radius 2 is 1.15 bits per heavy atom. The molecule has 1 saturated heterocycles. The smallest absolute Gasteiger partial charge is 0.336 e. The number of nitrogens with one attached hydrogen (secondary N) is 12. The normalized spacial score (nSPS) is 18.6. The number of para-hydroxylation sites is 2. The molecular weight excluding hydrogens is 1660 g/mol. The Hall–Kier alpha value is -13.4. The molecule has 12 rings (SSSR count). The number of rotatable bonds is 27. The van der Waals surface area contributed by atoms with Crippen LogP contribution >= 0.6 is 33.8 Å². The van der Waals surface area contributed by atoms with Crippen molar-refractivity contribution in [2.75, 3.05) is 43.0 Å². The molecule has 31 nitrogen and oxygen atoms in total. The summed E-state index contributed by atoms with van der Waals surface area (Å²) in [5.41, 5.74) is 17.3. The number of aromatic hydroxyl groups is 1. The van der Waals surface area contributed by atoms with Gasteiger partial charge in [0, 0.05) is 132 Å². The number of fused-ring (bicyclic) bond motifs is 4. The third kappa shape index (κ3) is 24.7. The van der Waals surface area contributed by atoms with E-state index in [9.17, 15) is 44.1 Å². The highest BCUT2D eigenvalue weighted by Crippen LogP contribution is 2.43. The van der Waals surface area contributed by atoms with E-state index in [1.54, 1.807) is 140 Å². The number of carboxylic acids is 1. The quantitative estimate of drug-likeness (QED) is 0.0116. The number of aliphatic hydroxyl groups is 1. The van der Waals surface area contributed by atoms with Crippen molar-refractivity contribution >= 4 is 142 Å². The fourth-order valence-electron chi connectivity index (χ4n) is 14.9. The number of hydrogen-bond acceptors (Lipinski definition) is 19. The second-order valence-corrected chi connectivity index (χ2v) is 33.4. The summed E-state index contributed by atoms with van der Waals surface area (Å²) in [6, 6.07) is 41.5. The lowest BCUT2D eigenvalue weighted by Gasteiger charge is -2.30. The number of amides is 10. The number of unbranched alkanes of at least 4 members (excludes halogenated alkanes) is 1. The van der Waals surface area contributed by atoms with Crippen LogP contribution in [0.5, 0.6) is 5.75 Å². The highest BCUT2D eigenvalue weighted by Gasteiger charge is 2.39. The summed E-state index contributed by atoms with van der Waals surface area (Å²) in [6.07, 6.45) is 1.49. The molecule has 0 bridgehead atoms. The number of hydrogen-bond donors (Lipinski definition) is 17. The van der Waals surface area contributed by atoms with E-state index in [0.717, 1.165) is 26.5 Å². The van der Waals surface area contributed by atoms with Crippen molar-refractivity contribution in [3.63, 3.8) is 0 Å². The molecule has 9 aromatic rings. The maximum Gasteiger partial charge on any atom is 0.336 e. The number of phenols is 1. The van der Waals surface area contributed by atoms with Gasteiger partial charge < -0.3 is 99.2 Å². The molecule has 7 aromatic carbocycles. The van der Waals surface area contributed by atoms with Crippen molar-refractivity contribution in [1.29, 1.82) is 0 Å². The predicted octanol–water partition coefficient (Wildman–Crippen LogP) is 6.31. The Bertz CT molecular complexity index is 5760. The molecule has 10 amide bonds. The van der Waals surface area contributed by atoms with E-state index in [2.05, 4.69) is 63.1 Å². The van der Waals surface area contributed by atoms with Crippen LogP contribution in [0.15, 0.2) is 216 Å². The monoisotopic (exact) mass is 1750 g/mol. The number of benzene rings is 8.